The topological polar surface area (TPSA) is 29.5 Å². The highest BCUT2D eigenvalue weighted by Crippen LogP contribution is 2.17. The lowest BCUT2D eigenvalue weighted by Gasteiger charge is -2.28. The number of carbonyl (C=O) groups excluding carboxylic acids is 1. The summed E-state index contributed by atoms with van der Waals surface area (Å²) in [6, 6.07) is 7.45. The highest BCUT2D eigenvalue weighted by Gasteiger charge is 2.18. The zero-order valence-corrected chi connectivity index (χ0v) is 12.2. The SMILES string of the molecule is CN1CCC(COC(=O)c2ccc(CS)cc2)CC1. The normalized spacial score (nSPS) is 17.4. The number of thiol groups is 1. The van der Waals surface area contributed by atoms with Gasteiger partial charge < -0.3 is 9.64 Å². The molecular weight excluding hydrogens is 258 g/mol. The number of hydrogen-bond acceptors (Lipinski definition) is 4. The fourth-order valence-corrected chi connectivity index (χ4v) is 2.46. The third-order valence-electron chi connectivity index (χ3n) is 3.66. The van der Waals surface area contributed by atoms with E-state index < -0.39 is 0 Å². The number of benzene rings is 1. The van der Waals surface area contributed by atoms with Crippen molar-refractivity contribution in [3.63, 3.8) is 0 Å². The minimum Gasteiger partial charge on any atom is -0.462 e. The molecule has 104 valence electrons. The lowest BCUT2D eigenvalue weighted by molar-refractivity contribution is 0.0384. The molecule has 0 aromatic heterocycles. The summed E-state index contributed by atoms with van der Waals surface area (Å²) in [4.78, 5) is 14.2. The number of esters is 1. The van der Waals surface area contributed by atoms with Crippen molar-refractivity contribution in [3.05, 3.63) is 35.4 Å². The van der Waals surface area contributed by atoms with E-state index in [9.17, 15) is 4.79 Å². The number of carbonyl (C=O) groups is 1. The Kier molecular flexibility index (Phi) is 5.28. The zero-order valence-electron chi connectivity index (χ0n) is 11.3. The molecule has 1 aliphatic rings. The van der Waals surface area contributed by atoms with Crippen LogP contribution in [0.3, 0.4) is 0 Å². The van der Waals surface area contributed by atoms with Crippen molar-refractivity contribution in [1.29, 1.82) is 0 Å². The molecule has 0 N–H and O–H groups in total. The molecule has 0 amide bonds. The van der Waals surface area contributed by atoms with E-state index in [2.05, 4.69) is 24.6 Å². The molecular formula is C15H21NO2S. The predicted molar refractivity (Wildman–Crippen MR) is 79.6 cm³/mol. The van der Waals surface area contributed by atoms with E-state index in [0.29, 0.717) is 23.8 Å². The maximum atomic E-state index is 11.9. The van der Waals surface area contributed by atoms with Gasteiger partial charge in [-0.15, -0.1) is 0 Å². The van der Waals surface area contributed by atoms with Gasteiger partial charge in [0.25, 0.3) is 0 Å². The number of hydrogen-bond donors (Lipinski definition) is 1. The van der Waals surface area contributed by atoms with Gasteiger partial charge in [-0.3, -0.25) is 0 Å². The molecule has 0 saturated carbocycles. The van der Waals surface area contributed by atoms with Crippen molar-refractivity contribution in [1.82, 2.24) is 4.90 Å². The monoisotopic (exact) mass is 279 g/mol. The smallest absolute Gasteiger partial charge is 0.338 e. The second-order valence-corrected chi connectivity index (χ2v) is 5.52. The first-order valence-electron chi connectivity index (χ1n) is 6.74. The van der Waals surface area contributed by atoms with E-state index in [1.807, 2.05) is 24.3 Å². The Labute approximate surface area is 120 Å². The van der Waals surface area contributed by atoms with Gasteiger partial charge in [-0.2, -0.15) is 12.6 Å². The summed E-state index contributed by atoms with van der Waals surface area (Å²) < 4.78 is 5.40. The summed E-state index contributed by atoms with van der Waals surface area (Å²) in [5, 5.41) is 0. The second-order valence-electron chi connectivity index (χ2n) is 5.20. The second kappa shape index (κ2) is 6.96. The molecule has 0 bridgehead atoms. The Bertz CT molecular complexity index is 411. The van der Waals surface area contributed by atoms with Crippen LogP contribution in [-0.2, 0) is 10.5 Å². The molecule has 19 heavy (non-hydrogen) atoms. The number of likely N-dealkylation sites (tertiary alicyclic amines) is 1. The van der Waals surface area contributed by atoms with E-state index in [0.717, 1.165) is 31.5 Å². The maximum absolute atomic E-state index is 11.9. The van der Waals surface area contributed by atoms with Crippen molar-refractivity contribution in [2.24, 2.45) is 5.92 Å². The van der Waals surface area contributed by atoms with Crippen LogP contribution in [0.25, 0.3) is 0 Å². The summed E-state index contributed by atoms with van der Waals surface area (Å²) in [7, 11) is 2.13. The van der Waals surface area contributed by atoms with Crippen LogP contribution in [0.15, 0.2) is 24.3 Å². The van der Waals surface area contributed by atoms with Gasteiger partial charge in [0.15, 0.2) is 0 Å². The Morgan fingerprint density at radius 1 is 1.32 bits per heavy atom. The first-order chi connectivity index (χ1) is 9.19. The molecule has 1 fully saturated rings. The summed E-state index contributed by atoms with van der Waals surface area (Å²) in [6.07, 6.45) is 2.23. The minimum absolute atomic E-state index is 0.218. The van der Waals surface area contributed by atoms with Crippen molar-refractivity contribution in [2.75, 3.05) is 26.7 Å². The third-order valence-corrected chi connectivity index (χ3v) is 4.03. The number of nitrogens with zero attached hydrogens (tertiary/aromatic N) is 1. The van der Waals surface area contributed by atoms with Crippen LogP contribution in [0.2, 0.25) is 0 Å². The average Bonchev–Trinajstić information content (AvgIpc) is 2.46. The predicted octanol–water partition coefficient (Wildman–Crippen LogP) is 2.62. The molecule has 3 nitrogen and oxygen atoms in total. The highest BCUT2D eigenvalue weighted by atomic mass is 32.1. The maximum Gasteiger partial charge on any atom is 0.338 e. The van der Waals surface area contributed by atoms with Gasteiger partial charge in [0.05, 0.1) is 12.2 Å². The fraction of sp³-hybridized carbons (Fsp3) is 0.533. The molecule has 1 aromatic carbocycles. The summed E-state index contributed by atoms with van der Waals surface area (Å²) in [6.45, 7) is 2.73. The van der Waals surface area contributed by atoms with Crippen LogP contribution < -0.4 is 0 Å². The number of rotatable bonds is 4. The van der Waals surface area contributed by atoms with Crippen molar-refractivity contribution < 1.29 is 9.53 Å². The third kappa shape index (κ3) is 4.25. The number of piperidine rings is 1. The zero-order chi connectivity index (χ0) is 13.7. The quantitative estimate of drug-likeness (QED) is 0.678. The Balaban J connectivity index is 1.80. The first kappa shape index (κ1) is 14.4. The van der Waals surface area contributed by atoms with Crippen molar-refractivity contribution in [3.8, 4) is 0 Å². The molecule has 4 heteroatoms. The van der Waals surface area contributed by atoms with Crippen LogP contribution in [0.4, 0.5) is 0 Å². The van der Waals surface area contributed by atoms with Crippen LogP contribution in [0.1, 0.15) is 28.8 Å². The molecule has 0 aliphatic carbocycles. The first-order valence-corrected chi connectivity index (χ1v) is 7.37. The summed E-state index contributed by atoms with van der Waals surface area (Å²) in [5.41, 5.74) is 1.73. The van der Waals surface area contributed by atoms with E-state index in [1.165, 1.54) is 0 Å². The lowest BCUT2D eigenvalue weighted by atomic mass is 9.98. The van der Waals surface area contributed by atoms with E-state index >= 15 is 0 Å². The Morgan fingerprint density at radius 2 is 1.95 bits per heavy atom. The average molecular weight is 279 g/mol. The van der Waals surface area contributed by atoms with Gasteiger partial charge in [0.1, 0.15) is 0 Å². The van der Waals surface area contributed by atoms with Gasteiger partial charge in [0, 0.05) is 5.75 Å². The summed E-state index contributed by atoms with van der Waals surface area (Å²) in [5.74, 6) is 0.978. The fourth-order valence-electron chi connectivity index (χ4n) is 2.25. The molecule has 0 unspecified atom stereocenters. The molecule has 0 radical (unpaired) electrons. The molecule has 0 spiro atoms. The highest BCUT2D eigenvalue weighted by molar-refractivity contribution is 7.79. The van der Waals surface area contributed by atoms with E-state index in [-0.39, 0.29) is 5.97 Å². The van der Waals surface area contributed by atoms with E-state index in [1.54, 1.807) is 0 Å². The largest absolute Gasteiger partial charge is 0.462 e. The standard InChI is InChI=1S/C15H21NO2S/c1-16-8-6-12(7-9-16)10-18-15(17)14-4-2-13(11-19)3-5-14/h2-5,12,19H,6-11H2,1H3. The minimum atomic E-state index is -0.218. The molecule has 1 heterocycles. The van der Waals surface area contributed by atoms with Crippen LogP contribution in [0, 0.1) is 5.92 Å². The van der Waals surface area contributed by atoms with Gasteiger partial charge in [0.2, 0.25) is 0 Å². The van der Waals surface area contributed by atoms with Gasteiger partial charge in [-0.1, -0.05) is 12.1 Å². The molecule has 0 atom stereocenters. The molecule has 1 aromatic rings. The van der Waals surface area contributed by atoms with E-state index in [4.69, 9.17) is 4.74 Å². The molecule has 1 saturated heterocycles. The molecule has 2 rings (SSSR count). The Morgan fingerprint density at radius 3 is 2.53 bits per heavy atom. The van der Waals surface area contributed by atoms with Crippen LogP contribution in [0.5, 0.6) is 0 Å². The Hall–Kier alpha value is -1.00. The molecule has 1 aliphatic heterocycles. The van der Waals surface area contributed by atoms with Gasteiger partial charge in [-0.25, -0.2) is 4.79 Å². The van der Waals surface area contributed by atoms with Crippen LogP contribution in [-0.4, -0.2) is 37.6 Å². The lowest BCUT2D eigenvalue weighted by Crippen LogP contribution is -2.32. The van der Waals surface area contributed by atoms with Gasteiger partial charge in [-0.05, 0) is 56.6 Å². The van der Waals surface area contributed by atoms with Crippen molar-refractivity contribution in [2.45, 2.75) is 18.6 Å². The van der Waals surface area contributed by atoms with Crippen LogP contribution >= 0.6 is 12.6 Å². The van der Waals surface area contributed by atoms with Gasteiger partial charge >= 0.3 is 5.97 Å². The summed E-state index contributed by atoms with van der Waals surface area (Å²) >= 11 is 4.19. The number of ether oxygens (including phenoxy) is 1. The van der Waals surface area contributed by atoms with Crippen molar-refractivity contribution >= 4 is 18.6 Å².